The lowest BCUT2D eigenvalue weighted by atomic mass is 10.3. The molecule has 0 aliphatic heterocycles. The first-order valence-corrected chi connectivity index (χ1v) is 5.42. The molecule has 3 heteroatoms. The minimum Gasteiger partial charge on any atom is -0.379 e. The van der Waals surface area contributed by atoms with Crippen LogP contribution in [-0.4, -0.2) is 22.3 Å². The van der Waals surface area contributed by atoms with Crippen molar-refractivity contribution in [2.45, 2.75) is 25.5 Å². The van der Waals surface area contributed by atoms with Crippen molar-refractivity contribution in [2.24, 2.45) is 0 Å². The molecule has 0 aromatic carbocycles. The Morgan fingerprint density at radius 2 is 2.36 bits per heavy atom. The molecule has 2 N–H and O–H groups in total. The van der Waals surface area contributed by atoms with Crippen molar-refractivity contribution in [1.82, 2.24) is 5.32 Å². The Balaban J connectivity index is 3.08. The van der Waals surface area contributed by atoms with Gasteiger partial charge in [0, 0.05) is 6.54 Å². The first kappa shape index (κ1) is 11.4. The molecule has 2 nitrogen and oxygen atoms in total. The smallest absolute Gasteiger partial charge is 0.104 e. The van der Waals surface area contributed by atoms with Crippen LogP contribution in [0, 0.1) is 0 Å². The van der Waals surface area contributed by atoms with Gasteiger partial charge in [0.1, 0.15) is 6.23 Å². The first-order chi connectivity index (χ1) is 5.31. The van der Waals surface area contributed by atoms with Crippen LogP contribution >= 0.6 is 22.6 Å². The summed E-state index contributed by atoms with van der Waals surface area (Å²) in [5.41, 5.74) is 0. The highest BCUT2D eigenvalue weighted by atomic mass is 127. The van der Waals surface area contributed by atoms with Crippen molar-refractivity contribution in [3.63, 3.8) is 0 Å². The van der Waals surface area contributed by atoms with Gasteiger partial charge in [0.2, 0.25) is 0 Å². The van der Waals surface area contributed by atoms with Crippen LogP contribution in [0.4, 0.5) is 0 Å². The third-order valence-corrected chi connectivity index (χ3v) is 2.10. The summed E-state index contributed by atoms with van der Waals surface area (Å²) < 4.78 is 1.11. The summed E-state index contributed by atoms with van der Waals surface area (Å²) >= 11 is 2.31. The molecule has 0 spiro atoms. The van der Waals surface area contributed by atoms with E-state index in [-0.39, 0.29) is 6.23 Å². The van der Waals surface area contributed by atoms with Gasteiger partial charge in [-0.2, -0.15) is 0 Å². The Morgan fingerprint density at radius 3 is 2.91 bits per heavy atom. The summed E-state index contributed by atoms with van der Waals surface area (Å²) in [5.74, 6) is 0. The zero-order valence-electron chi connectivity index (χ0n) is 6.72. The predicted molar refractivity (Wildman–Crippen MR) is 56.9 cm³/mol. The Hall–Kier alpha value is 0.390. The lowest BCUT2D eigenvalue weighted by Gasteiger charge is -2.10. The van der Waals surface area contributed by atoms with Crippen molar-refractivity contribution < 1.29 is 5.11 Å². The molecule has 0 aromatic heterocycles. The van der Waals surface area contributed by atoms with E-state index in [9.17, 15) is 5.11 Å². The minimum absolute atomic E-state index is 0.329. The highest BCUT2D eigenvalue weighted by molar-refractivity contribution is 14.1. The van der Waals surface area contributed by atoms with Gasteiger partial charge in [0.25, 0.3) is 0 Å². The van der Waals surface area contributed by atoms with E-state index >= 15 is 0 Å². The summed E-state index contributed by atoms with van der Waals surface area (Å²) in [6.45, 7) is 4.42. The lowest BCUT2D eigenvalue weighted by Crippen LogP contribution is -2.29. The first-order valence-electron chi connectivity index (χ1n) is 3.89. The van der Waals surface area contributed by atoms with Crippen LogP contribution in [0.1, 0.15) is 19.3 Å². The molecule has 1 unspecified atom stereocenters. The summed E-state index contributed by atoms with van der Waals surface area (Å²) in [6, 6.07) is 0. The zero-order chi connectivity index (χ0) is 8.53. The van der Waals surface area contributed by atoms with Crippen LogP contribution in [-0.2, 0) is 0 Å². The maximum absolute atomic E-state index is 9.26. The normalized spacial score (nSPS) is 12.9. The highest BCUT2D eigenvalue weighted by Gasteiger charge is 1.99. The van der Waals surface area contributed by atoms with Gasteiger partial charge in [-0.15, -0.1) is 6.58 Å². The molecular formula is C8H16INO. The quantitative estimate of drug-likeness (QED) is 0.242. The van der Waals surface area contributed by atoms with E-state index in [1.807, 2.05) is 6.08 Å². The number of nitrogens with one attached hydrogen (secondary N) is 1. The van der Waals surface area contributed by atoms with Crippen molar-refractivity contribution in [1.29, 1.82) is 0 Å². The van der Waals surface area contributed by atoms with E-state index in [2.05, 4.69) is 34.5 Å². The van der Waals surface area contributed by atoms with Crippen LogP contribution in [0.25, 0.3) is 0 Å². The number of aliphatic hydroxyl groups excluding tert-OH is 1. The molecule has 0 radical (unpaired) electrons. The fourth-order valence-corrected chi connectivity index (χ4v) is 1.16. The summed E-state index contributed by atoms with van der Waals surface area (Å²) in [4.78, 5) is 0. The highest BCUT2D eigenvalue weighted by Crippen LogP contribution is 1.97. The molecule has 1 atom stereocenters. The van der Waals surface area contributed by atoms with Gasteiger partial charge in [-0.3, -0.25) is 5.32 Å². The number of alkyl halides is 1. The Morgan fingerprint density at radius 1 is 1.64 bits per heavy atom. The average Bonchev–Trinajstić information content (AvgIpc) is 2.01. The topological polar surface area (TPSA) is 32.3 Å². The Labute approximate surface area is 82.2 Å². The van der Waals surface area contributed by atoms with Crippen molar-refractivity contribution >= 4 is 22.6 Å². The summed E-state index contributed by atoms with van der Waals surface area (Å²) in [6.07, 6.45) is 4.35. The molecule has 0 aliphatic rings. The van der Waals surface area contributed by atoms with E-state index in [1.54, 1.807) is 0 Å². The number of aliphatic hydroxyl groups is 1. The molecule has 0 saturated heterocycles. The molecule has 0 heterocycles. The van der Waals surface area contributed by atoms with Gasteiger partial charge in [-0.1, -0.05) is 28.7 Å². The van der Waals surface area contributed by atoms with Crippen LogP contribution in [0.5, 0.6) is 0 Å². The third kappa shape index (κ3) is 8.29. The predicted octanol–water partition coefficient (Wildman–Crippen LogP) is 1.69. The molecular weight excluding hydrogens is 253 g/mol. The van der Waals surface area contributed by atoms with E-state index in [0.717, 1.165) is 30.2 Å². The SMILES string of the molecule is C=CCCNC(O)CCCI. The number of hydrogen-bond acceptors (Lipinski definition) is 2. The van der Waals surface area contributed by atoms with Gasteiger partial charge >= 0.3 is 0 Å². The fraction of sp³-hybridized carbons (Fsp3) is 0.750. The third-order valence-electron chi connectivity index (χ3n) is 1.34. The van der Waals surface area contributed by atoms with Gasteiger partial charge < -0.3 is 5.11 Å². The van der Waals surface area contributed by atoms with Crippen molar-refractivity contribution in [3.8, 4) is 0 Å². The zero-order valence-corrected chi connectivity index (χ0v) is 8.88. The van der Waals surface area contributed by atoms with E-state index < -0.39 is 0 Å². The van der Waals surface area contributed by atoms with Gasteiger partial charge in [-0.25, -0.2) is 0 Å². The largest absolute Gasteiger partial charge is 0.379 e. The lowest BCUT2D eigenvalue weighted by molar-refractivity contribution is 0.128. The molecule has 0 amide bonds. The summed E-state index contributed by atoms with van der Waals surface area (Å²) in [7, 11) is 0. The molecule has 0 saturated carbocycles. The standard InChI is InChI=1S/C8H16INO/c1-2-3-7-10-8(11)5-4-6-9/h2,8,10-11H,1,3-7H2. The molecule has 0 fully saturated rings. The maximum atomic E-state index is 9.26. The minimum atomic E-state index is -0.329. The molecule has 0 aromatic rings. The van der Waals surface area contributed by atoms with E-state index in [1.165, 1.54) is 0 Å². The van der Waals surface area contributed by atoms with E-state index in [0.29, 0.717) is 0 Å². The van der Waals surface area contributed by atoms with Crippen LogP contribution in [0.15, 0.2) is 12.7 Å². The molecule has 0 aliphatic carbocycles. The second-order valence-corrected chi connectivity index (χ2v) is 3.46. The van der Waals surface area contributed by atoms with Crippen LogP contribution in [0.3, 0.4) is 0 Å². The molecule has 0 bridgehead atoms. The van der Waals surface area contributed by atoms with E-state index in [4.69, 9.17) is 0 Å². The number of halogens is 1. The van der Waals surface area contributed by atoms with Gasteiger partial charge in [-0.05, 0) is 23.7 Å². The second kappa shape index (κ2) is 8.49. The van der Waals surface area contributed by atoms with Gasteiger partial charge in [0.05, 0.1) is 0 Å². The van der Waals surface area contributed by atoms with Gasteiger partial charge in [0.15, 0.2) is 0 Å². The van der Waals surface area contributed by atoms with Crippen molar-refractivity contribution in [3.05, 3.63) is 12.7 Å². The van der Waals surface area contributed by atoms with Crippen molar-refractivity contribution in [2.75, 3.05) is 11.0 Å². The number of rotatable bonds is 7. The molecule has 11 heavy (non-hydrogen) atoms. The van der Waals surface area contributed by atoms with Crippen LogP contribution < -0.4 is 5.32 Å². The number of hydrogen-bond donors (Lipinski definition) is 2. The Bertz CT molecular complexity index is 98.1. The average molecular weight is 269 g/mol. The molecule has 0 rings (SSSR count). The molecule has 66 valence electrons. The maximum Gasteiger partial charge on any atom is 0.104 e. The summed E-state index contributed by atoms with van der Waals surface area (Å²) in [5, 5.41) is 12.3. The Kier molecular flexibility index (Phi) is 8.79. The van der Waals surface area contributed by atoms with Crippen LogP contribution in [0.2, 0.25) is 0 Å². The fourth-order valence-electron chi connectivity index (χ4n) is 0.725. The second-order valence-electron chi connectivity index (χ2n) is 2.38. The monoisotopic (exact) mass is 269 g/mol.